The van der Waals surface area contributed by atoms with E-state index in [4.69, 9.17) is 9.47 Å². The van der Waals surface area contributed by atoms with Crippen molar-refractivity contribution in [3.05, 3.63) is 21.8 Å². The molecule has 0 aromatic heterocycles. The van der Waals surface area contributed by atoms with Crippen LogP contribution in [0.1, 0.15) is 19.8 Å². The van der Waals surface area contributed by atoms with Gasteiger partial charge >= 0.3 is 5.97 Å². The summed E-state index contributed by atoms with van der Waals surface area (Å²) in [6.07, 6.45) is 3.61. The molecule has 0 heterocycles. The Morgan fingerprint density at radius 1 is 1.33 bits per heavy atom. The van der Waals surface area contributed by atoms with Gasteiger partial charge in [0.2, 0.25) is 0 Å². The summed E-state index contributed by atoms with van der Waals surface area (Å²) in [7, 11) is 3.04. The van der Waals surface area contributed by atoms with Crippen LogP contribution in [0.25, 0.3) is 0 Å². The highest BCUT2D eigenvalue weighted by Gasteiger charge is 2.23. The molecule has 3 nitrogen and oxygen atoms in total. The Labute approximate surface area is 94.5 Å². The third-order valence-corrected chi connectivity index (χ3v) is 3.41. The van der Waals surface area contributed by atoms with E-state index in [1.165, 1.54) is 12.0 Å². The molecule has 4 heteroatoms. The van der Waals surface area contributed by atoms with Crippen molar-refractivity contribution in [1.29, 1.82) is 0 Å². The van der Waals surface area contributed by atoms with Crippen LogP contribution in [0.5, 0.6) is 0 Å². The highest BCUT2D eigenvalue weighted by molar-refractivity contribution is 8.02. The van der Waals surface area contributed by atoms with Gasteiger partial charge in [-0.05, 0) is 26.0 Å². The van der Waals surface area contributed by atoms with Crippen molar-refractivity contribution in [3.63, 3.8) is 0 Å². The first-order valence-electron chi connectivity index (χ1n) is 4.75. The predicted molar refractivity (Wildman–Crippen MR) is 61.5 cm³/mol. The maximum atomic E-state index is 11.5. The van der Waals surface area contributed by atoms with E-state index in [2.05, 4.69) is 0 Å². The molecule has 0 aliphatic heterocycles. The molecule has 0 radical (unpaired) electrons. The predicted octanol–water partition coefficient (Wildman–Crippen LogP) is 2.49. The minimum atomic E-state index is -0.248. The lowest BCUT2D eigenvalue weighted by Crippen LogP contribution is -2.13. The van der Waals surface area contributed by atoms with Crippen molar-refractivity contribution < 1.29 is 14.3 Å². The molecule has 15 heavy (non-hydrogen) atoms. The summed E-state index contributed by atoms with van der Waals surface area (Å²) < 4.78 is 10.1. The molecule has 1 rings (SSSR count). The van der Waals surface area contributed by atoms with Crippen LogP contribution < -0.4 is 0 Å². The van der Waals surface area contributed by atoms with E-state index in [1.807, 2.05) is 13.2 Å². The lowest BCUT2D eigenvalue weighted by molar-refractivity contribution is -0.136. The van der Waals surface area contributed by atoms with Crippen molar-refractivity contribution in [2.24, 2.45) is 0 Å². The van der Waals surface area contributed by atoms with Crippen molar-refractivity contribution >= 4 is 17.7 Å². The summed E-state index contributed by atoms with van der Waals surface area (Å²) >= 11 is 1.67. The zero-order chi connectivity index (χ0) is 11.4. The fourth-order valence-corrected chi connectivity index (χ4v) is 2.45. The van der Waals surface area contributed by atoms with Crippen molar-refractivity contribution in [3.8, 4) is 0 Å². The number of esters is 1. The molecule has 0 spiro atoms. The molecule has 0 atom stereocenters. The van der Waals surface area contributed by atoms with Gasteiger partial charge in [0.05, 0.1) is 14.2 Å². The second-order valence-corrected chi connectivity index (χ2v) is 4.16. The number of methoxy groups -OCH3 is 2. The quantitative estimate of drug-likeness (QED) is 0.695. The number of hydrogen-bond donors (Lipinski definition) is 0. The smallest absolute Gasteiger partial charge is 0.334 e. The fourth-order valence-electron chi connectivity index (χ4n) is 1.73. The van der Waals surface area contributed by atoms with Gasteiger partial charge in [0.15, 0.2) is 0 Å². The summed E-state index contributed by atoms with van der Waals surface area (Å²) in [5, 5.41) is 0. The SMILES string of the molecule is COC(=O)C1=C(C)C(OC)=C(SC)CC1. The highest BCUT2D eigenvalue weighted by atomic mass is 32.2. The third-order valence-electron chi connectivity index (χ3n) is 2.53. The summed E-state index contributed by atoms with van der Waals surface area (Å²) in [5.41, 5.74) is 1.63. The van der Waals surface area contributed by atoms with Crippen LogP contribution in [-0.4, -0.2) is 26.4 Å². The molecule has 0 bridgehead atoms. The number of carbonyl (C=O) groups excluding carboxylic acids is 1. The zero-order valence-corrected chi connectivity index (χ0v) is 10.4. The molecule has 0 unspecified atom stereocenters. The first-order valence-corrected chi connectivity index (χ1v) is 5.97. The third kappa shape index (κ3) is 2.37. The highest BCUT2D eigenvalue weighted by Crippen LogP contribution is 2.35. The Morgan fingerprint density at radius 3 is 2.47 bits per heavy atom. The van der Waals surface area contributed by atoms with Gasteiger partial charge in [0.25, 0.3) is 0 Å². The van der Waals surface area contributed by atoms with E-state index in [-0.39, 0.29) is 5.97 Å². The van der Waals surface area contributed by atoms with Gasteiger partial charge in [0, 0.05) is 16.1 Å². The molecule has 1 aliphatic rings. The number of rotatable bonds is 3. The standard InChI is InChI=1S/C11H16O3S/c1-7-8(11(12)14-3)5-6-9(15-4)10(7)13-2/h5-6H2,1-4H3. The normalized spacial score (nSPS) is 16.8. The Bertz CT molecular complexity index is 329. The van der Waals surface area contributed by atoms with E-state index in [9.17, 15) is 4.79 Å². The van der Waals surface area contributed by atoms with Gasteiger partial charge in [-0.1, -0.05) is 0 Å². The monoisotopic (exact) mass is 228 g/mol. The first kappa shape index (κ1) is 12.2. The van der Waals surface area contributed by atoms with Gasteiger partial charge in [-0.15, -0.1) is 11.8 Å². The molecule has 0 saturated carbocycles. The van der Waals surface area contributed by atoms with E-state index in [0.29, 0.717) is 0 Å². The summed E-state index contributed by atoms with van der Waals surface area (Å²) in [5.74, 6) is 0.580. The van der Waals surface area contributed by atoms with Crippen LogP contribution in [0, 0.1) is 0 Å². The molecular formula is C11H16O3S. The van der Waals surface area contributed by atoms with Gasteiger partial charge in [-0.3, -0.25) is 0 Å². The lowest BCUT2D eigenvalue weighted by atomic mass is 9.97. The van der Waals surface area contributed by atoms with Crippen molar-refractivity contribution in [1.82, 2.24) is 0 Å². The Balaban J connectivity index is 3.11. The largest absolute Gasteiger partial charge is 0.496 e. The summed E-state index contributed by atoms with van der Waals surface area (Å²) in [4.78, 5) is 12.7. The second kappa shape index (κ2) is 5.26. The fraction of sp³-hybridized carbons (Fsp3) is 0.545. The average Bonchev–Trinajstić information content (AvgIpc) is 2.27. The molecule has 1 aliphatic carbocycles. The van der Waals surface area contributed by atoms with E-state index in [1.54, 1.807) is 18.9 Å². The minimum Gasteiger partial charge on any atom is -0.496 e. The molecular weight excluding hydrogens is 212 g/mol. The van der Waals surface area contributed by atoms with Crippen LogP contribution in [0.3, 0.4) is 0 Å². The van der Waals surface area contributed by atoms with Gasteiger partial charge in [0.1, 0.15) is 5.76 Å². The lowest BCUT2D eigenvalue weighted by Gasteiger charge is -2.21. The van der Waals surface area contributed by atoms with E-state index in [0.717, 1.165) is 29.7 Å². The number of allylic oxidation sites excluding steroid dienone is 2. The van der Waals surface area contributed by atoms with Crippen LogP contribution in [-0.2, 0) is 14.3 Å². The van der Waals surface area contributed by atoms with Crippen LogP contribution >= 0.6 is 11.8 Å². The zero-order valence-electron chi connectivity index (χ0n) is 9.55. The molecule has 84 valence electrons. The second-order valence-electron chi connectivity index (χ2n) is 3.26. The van der Waals surface area contributed by atoms with E-state index >= 15 is 0 Å². The molecule has 0 aromatic carbocycles. The molecule has 0 amide bonds. The van der Waals surface area contributed by atoms with Gasteiger partial charge < -0.3 is 9.47 Å². The Hall–Kier alpha value is -0.900. The number of ether oxygens (including phenoxy) is 2. The summed E-state index contributed by atoms with van der Waals surface area (Å²) in [6, 6.07) is 0. The van der Waals surface area contributed by atoms with Crippen LogP contribution in [0.15, 0.2) is 21.8 Å². The van der Waals surface area contributed by atoms with E-state index < -0.39 is 0 Å². The minimum absolute atomic E-state index is 0.248. The maximum absolute atomic E-state index is 11.5. The maximum Gasteiger partial charge on any atom is 0.334 e. The van der Waals surface area contributed by atoms with Gasteiger partial charge in [-0.2, -0.15) is 0 Å². The molecule has 0 N–H and O–H groups in total. The average molecular weight is 228 g/mol. The molecule has 0 fully saturated rings. The first-order chi connectivity index (χ1) is 7.15. The molecule has 0 saturated heterocycles. The van der Waals surface area contributed by atoms with Crippen molar-refractivity contribution in [2.75, 3.05) is 20.5 Å². The summed E-state index contributed by atoms with van der Waals surface area (Å²) in [6.45, 7) is 1.90. The van der Waals surface area contributed by atoms with Crippen LogP contribution in [0.4, 0.5) is 0 Å². The topological polar surface area (TPSA) is 35.5 Å². The Kier molecular flexibility index (Phi) is 4.27. The molecule has 0 aromatic rings. The van der Waals surface area contributed by atoms with Gasteiger partial charge in [-0.25, -0.2) is 4.79 Å². The van der Waals surface area contributed by atoms with Crippen LogP contribution in [0.2, 0.25) is 0 Å². The van der Waals surface area contributed by atoms with Crippen molar-refractivity contribution in [2.45, 2.75) is 19.8 Å². The number of hydrogen-bond acceptors (Lipinski definition) is 4. The Morgan fingerprint density at radius 2 is 2.00 bits per heavy atom. The number of thioether (sulfide) groups is 1. The number of carbonyl (C=O) groups is 1.